The summed E-state index contributed by atoms with van der Waals surface area (Å²) in [4.78, 5) is 18.1. The molecule has 0 bridgehead atoms. The Bertz CT molecular complexity index is 589. The van der Waals surface area contributed by atoms with E-state index in [-0.39, 0.29) is 5.97 Å². The molecule has 0 amide bonds. The van der Waals surface area contributed by atoms with Crippen molar-refractivity contribution in [3.63, 3.8) is 0 Å². The molecule has 0 aliphatic heterocycles. The smallest absolute Gasteiger partial charge is 0.327 e. The van der Waals surface area contributed by atoms with Crippen molar-refractivity contribution in [2.24, 2.45) is 0 Å². The minimum atomic E-state index is -0.429. The molecule has 0 aliphatic carbocycles. The van der Waals surface area contributed by atoms with Crippen LogP contribution in [0, 0.1) is 6.92 Å². The maximum absolute atomic E-state index is 12.0. The second-order valence-corrected chi connectivity index (χ2v) is 4.58. The molecule has 19 heavy (non-hydrogen) atoms. The maximum Gasteiger partial charge on any atom is 0.327 e. The summed E-state index contributed by atoms with van der Waals surface area (Å²) in [5.74, 6) is 0.358. The van der Waals surface area contributed by atoms with Gasteiger partial charge in [-0.3, -0.25) is 4.90 Å². The Morgan fingerprint density at radius 3 is 2.84 bits per heavy atom. The van der Waals surface area contributed by atoms with Gasteiger partial charge in [-0.1, -0.05) is 6.07 Å². The molecule has 0 N–H and O–H groups in total. The van der Waals surface area contributed by atoms with Crippen LogP contribution >= 0.6 is 0 Å². The van der Waals surface area contributed by atoms with Crippen molar-refractivity contribution in [3.8, 4) is 0 Å². The third-order valence-electron chi connectivity index (χ3n) is 2.86. The molecule has 0 spiro atoms. The lowest BCUT2D eigenvalue weighted by Gasteiger charge is -2.22. The number of oxazole rings is 1. The summed E-state index contributed by atoms with van der Waals surface area (Å²) in [6.07, 6.45) is 0. The predicted octanol–water partition coefficient (Wildman–Crippen LogP) is 2.30. The number of esters is 1. The Morgan fingerprint density at radius 2 is 2.21 bits per heavy atom. The van der Waals surface area contributed by atoms with Crippen molar-refractivity contribution in [1.29, 1.82) is 0 Å². The number of ether oxygens (including phenoxy) is 1. The van der Waals surface area contributed by atoms with Crippen molar-refractivity contribution in [3.05, 3.63) is 29.7 Å². The van der Waals surface area contributed by atoms with Crippen molar-refractivity contribution in [1.82, 2.24) is 9.88 Å². The summed E-state index contributed by atoms with van der Waals surface area (Å²) in [5, 5.41) is 0. The highest BCUT2D eigenvalue weighted by Gasteiger charge is 2.24. The van der Waals surface area contributed by atoms with E-state index in [2.05, 4.69) is 4.98 Å². The van der Waals surface area contributed by atoms with E-state index in [0.717, 1.165) is 16.7 Å². The van der Waals surface area contributed by atoms with Gasteiger partial charge in [-0.15, -0.1) is 0 Å². The van der Waals surface area contributed by atoms with Crippen molar-refractivity contribution in [2.75, 3.05) is 20.7 Å². The molecule has 0 saturated carbocycles. The van der Waals surface area contributed by atoms with Crippen LogP contribution in [0.3, 0.4) is 0 Å². The predicted molar refractivity (Wildman–Crippen MR) is 71.8 cm³/mol. The van der Waals surface area contributed by atoms with Gasteiger partial charge in [-0.2, -0.15) is 0 Å². The number of carbonyl (C=O) groups excluding carboxylic acids is 1. The van der Waals surface area contributed by atoms with Gasteiger partial charge in [0.05, 0.1) is 6.61 Å². The van der Waals surface area contributed by atoms with E-state index in [1.807, 2.05) is 37.2 Å². The van der Waals surface area contributed by atoms with Crippen LogP contribution in [0.5, 0.6) is 0 Å². The van der Waals surface area contributed by atoms with Crippen LogP contribution in [0.4, 0.5) is 0 Å². The Hall–Kier alpha value is -1.88. The summed E-state index contributed by atoms with van der Waals surface area (Å²) in [6.45, 7) is 3.97. The lowest BCUT2D eigenvalue weighted by atomic mass is 10.1. The summed E-state index contributed by atoms with van der Waals surface area (Å²) in [6, 6.07) is 5.14. The highest BCUT2D eigenvalue weighted by atomic mass is 16.5. The van der Waals surface area contributed by atoms with Gasteiger partial charge in [0.2, 0.25) is 0 Å². The molecule has 0 aliphatic rings. The van der Waals surface area contributed by atoms with E-state index in [9.17, 15) is 4.79 Å². The Kier molecular flexibility index (Phi) is 3.85. The molecule has 102 valence electrons. The van der Waals surface area contributed by atoms with Crippen LogP contribution in [0.2, 0.25) is 0 Å². The lowest BCUT2D eigenvalue weighted by Crippen LogP contribution is -2.29. The van der Waals surface area contributed by atoms with E-state index >= 15 is 0 Å². The van der Waals surface area contributed by atoms with Gasteiger partial charge in [0.15, 0.2) is 11.5 Å². The molecule has 1 aromatic heterocycles. The van der Waals surface area contributed by atoms with E-state index in [0.29, 0.717) is 12.5 Å². The summed E-state index contributed by atoms with van der Waals surface area (Å²) in [7, 11) is 3.69. The topological polar surface area (TPSA) is 55.6 Å². The Balaban J connectivity index is 2.41. The number of rotatable bonds is 4. The van der Waals surface area contributed by atoms with Gasteiger partial charge in [0.25, 0.3) is 0 Å². The van der Waals surface area contributed by atoms with Gasteiger partial charge in [-0.25, -0.2) is 9.78 Å². The first kappa shape index (κ1) is 13.5. The highest BCUT2D eigenvalue weighted by Crippen LogP contribution is 2.24. The largest absolute Gasteiger partial charge is 0.465 e. The number of hydrogen-bond acceptors (Lipinski definition) is 5. The molecular weight excluding hydrogens is 244 g/mol. The molecule has 0 saturated heterocycles. The fraction of sp³-hybridized carbons (Fsp3) is 0.429. The number of benzene rings is 1. The third kappa shape index (κ3) is 2.76. The maximum atomic E-state index is 12.0. The quantitative estimate of drug-likeness (QED) is 0.791. The van der Waals surface area contributed by atoms with E-state index in [4.69, 9.17) is 9.15 Å². The van der Waals surface area contributed by atoms with Crippen molar-refractivity contribution >= 4 is 17.1 Å². The zero-order valence-electron chi connectivity index (χ0n) is 11.6. The molecule has 5 nitrogen and oxygen atoms in total. The third-order valence-corrected chi connectivity index (χ3v) is 2.86. The van der Waals surface area contributed by atoms with E-state index in [1.165, 1.54) is 0 Å². The number of nitrogens with zero attached hydrogens (tertiary/aromatic N) is 2. The summed E-state index contributed by atoms with van der Waals surface area (Å²) >= 11 is 0. The fourth-order valence-corrected chi connectivity index (χ4v) is 2.10. The van der Waals surface area contributed by atoms with Gasteiger partial charge >= 0.3 is 5.97 Å². The van der Waals surface area contributed by atoms with Gasteiger partial charge < -0.3 is 9.15 Å². The number of aryl methyl sites for hydroxylation is 1. The molecule has 0 fully saturated rings. The molecule has 1 atom stereocenters. The average molecular weight is 262 g/mol. The first-order chi connectivity index (χ1) is 9.02. The second kappa shape index (κ2) is 5.40. The number of fused-ring (bicyclic) bond motifs is 1. The molecule has 5 heteroatoms. The van der Waals surface area contributed by atoms with Crippen molar-refractivity contribution < 1.29 is 13.9 Å². The Morgan fingerprint density at radius 1 is 1.47 bits per heavy atom. The van der Waals surface area contributed by atoms with Gasteiger partial charge in [0.1, 0.15) is 11.6 Å². The molecule has 2 aromatic rings. The van der Waals surface area contributed by atoms with Crippen LogP contribution in [0.1, 0.15) is 24.4 Å². The summed E-state index contributed by atoms with van der Waals surface area (Å²) in [5.41, 5.74) is 2.33. The first-order valence-electron chi connectivity index (χ1n) is 6.23. The molecule has 1 unspecified atom stereocenters. The number of aromatic nitrogens is 1. The summed E-state index contributed by atoms with van der Waals surface area (Å²) < 4.78 is 10.5. The Labute approximate surface area is 112 Å². The monoisotopic (exact) mass is 262 g/mol. The van der Waals surface area contributed by atoms with Crippen LogP contribution in [-0.2, 0) is 9.53 Å². The van der Waals surface area contributed by atoms with Crippen LogP contribution in [-0.4, -0.2) is 36.6 Å². The molecule has 1 heterocycles. The zero-order chi connectivity index (χ0) is 14.0. The molecular formula is C14H18N2O3. The second-order valence-electron chi connectivity index (χ2n) is 4.58. The van der Waals surface area contributed by atoms with E-state index < -0.39 is 6.04 Å². The van der Waals surface area contributed by atoms with Crippen molar-refractivity contribution in [2.45, 2.75) is 19.9 Å². The minimum Gasteiger partial charge on any atom is -0.465 e. The van der Waals surface area contributed by atoms with E-state index in [1.54, 1.807) is 13.8 Å². The molecule has 2 rings (SSSR count). The number of hydrogen-bond donors (Lipinski definition) is 0. The first-order valence-corrected chi connectivity index (χ1v) is 6.23. The minimum absolute atomic E-state index is 0.257. The molecule has 1 aromatic carbocycles. The average Bonchev–Trinajstić information content (AvgIpc) is 2.68. The number of likely N-dealkylation sites (N-methyl/N-ethyl adjacent to an activating group) is 1. The van der Waals surface area contributed by atoms with Gasteiger partial charge in [-0.05, 0) is 38.7 Å². The standard InChI is InChI=1S/C14H18N2O3/c1-5-18-14(17)13(16(3)4)10-6-7-12-11(8-10)15-9(2)19-12/h6-8,13H,5H2,1-4H3. The zero-order valence-corrected chi connectivity index (χ0v) is 11.6. The van der Waals surface area contributed by atoms with Crippen LogP contribution in [0.15, 0.2) is 22.6 Å². The highest BCUT2D eigenvalue weighted by molar-refractivity contribution is 5.81. The SMILES string of the molecule is CCOC(=O)C(c1ccc2oc(C)nc2c1)N(C)C. The normalized spacial score (nSPS) is 12.9. The number of carbonyl (C=O) groups is 1. The van der Waals surface area contributed by atoms with Gasteiger partial charge in [0, 0.05) is 6.92 Å². The fourth-order valence-electron chi connectivity index (χ4n) is 2.10. The van der Waals surface area contributed by atoms with Crippen LogP contribution in [0.25, 0.3) is 11.1 Å². The van der Waals surface area contributed by atoms with Crippen LogP contribution < -0.4 is 0 Å². The molecule has 0 radical (unpaired) electrons. The lowest BCUT2D eigenvalue weighted by molar-refractivity contribution is -0.148.